The SMILES string of the molecule is Clc1ccccc1-c1nnc(CSc2nnc(-c3ccccc3Cl)n2C2CCCC2)o1. The highest BCUT2D eigenvalue weighted by Crippen LogP contribution is 2.39. The van der Waals surface area contributed by atoms with Crippen LogP contribution in [0.5, 0.6) is 0 Å². The number of thioether (sulfide) groups is 1. The summed E-state index contributed by atoms with van der Waals surface area (Å²) in [6, 6.07) is 15.5. The van der Waals surface area contributed by atoms with Crippen molar-refractivity contribution in [3.63, 3.8) is 0 Å². The first-order valence-electron chi connectivity index (χ1n) is 10.1. The van der Waals surface area contributed by atoms with Gasteiger partial charge >= 0.3 is 0 Å². The third-order valence-electron chi connectivity index (χ3n) is 5.36. The maximum Gasteiger partial charge on any atom is 0.249 e. The Balaban J connectivity index is 1.41. The summed E-state index contributed by atoms with van der Waals surface area (Å²) >= 11 is 14.2. The summed E-state index contributed by atoms with van der Waals surface area (Å²) in [4.78, 5) is 0. The summed E-state index contributed by atoms with van der Waals surface area (Å²) in [6.45, 7) is 0. The largest absolute Gasteiger partial charge is 0.420 e. The van der Waals surface area contributed by atoms with E-state index in [-0.39, 0.29) is 0 Å². The molecule has 2 heterocycles. The van der Waals surface area contributed by atoms with Gasteiger partial charge in [-0.1, -0.05) is 72.1 Å². The van der Waals surface area contributed by atoms with Gasteiger partial charge in [0.15, 0.2) is 11.0 Å². The average molecular weight is 472 g/mol. The molecule has 5 rings (SSSR count). The minimum absolute atomic E-state index is 0.366. The summed E-state index contributed by atoms with van der Waals surface area (Å²) in [5, 5.41) is 19.4. The van der Waals surface area contributed by atoms with Crippen molar-refractivity contribution in [2.45, 2.75) is 42.6 Å². The zero-order valence-electron chi connectivity index (χ0n) is 16.5. The Bertz CT molecular complexity index is 1200. The van der Waals surface area contributed by atoms with Gasteiger partial charge in [0, 0.05) is 11.6 Å². The smallest absolute Gasteiger partial charge is 0.249 e. The van der Waals surface area contributed by atoms with E-state index >= 15 is 0 Å². The molecule has 6 nitrogen and oxygen atoms in total. The van der Waals surface area contributed by atoms with Crippen molar-refractivity contribution in [2.75, 3.05) is 0 Å². The van der Waals surface area contributed by atoms with Crippen LogP contribution in [0.15, 0.2) is 58.1 Å². The molecule has 0 aliphatic heterocycles. The van der Waals surface area contributed by atoms with E-state index in [9.17, 15) is 0 Å². The van der Waals surface area contributed by atoms with Crippen molar-refractivity contribution in [1.29, 1.82) is 0 Å². The van der Waals surface area contributed by atoms with E-state index in [1.165, 1.54) is 24.6 Å². The Hall–Kier alpha value is -2.35. The second-order valence-electron chi connectivity index (χ2n) is 7.36. The van der Waals surface area contributed by atoms with Crippen LogP contribution in [0.2, 0.25) is 10.0 Å². The lowest BCUT2D eigenvalue weighted by molar-refractivity contribution is 0.484. The van der Waals surface area contributed by atoms with E-state index in [1.54, 1.807) is 6.07 Å². The van der Waals surface area contributed by atoms with Gasteiger partial charge in [0.2, 0.25) is 11.8 Å². The van der Waals surface area contributed by atoms with Gasteiger partial charge in [-0.25, -0.2) is 0 Å². The predicted octanol–water partition coefficient (Wildman–Crippen LogP) is 6.71. The second-order valence-corrected chi connectivity index (χ2v) is 9.12. The van der Waals surface area contributed by atoms with Crippen LogP contribution in [-0.4, -0.2) is 25.0 Å². The lowest BCUT2D eigenvalue weighted by Gasteiger charge is -2.17. The van der Waals surface area contributed by atoms with E-state index in [4.69, 9.17) is 27.6 Å². The van der Waals surface area contributed by atoms with Crippen LogP contribution >= 0.6 is 35.0 Å². The van der Waals surface area contributed by atoms with E-state index in [0.717, 1.165) is 34.9 Å². The highest BCUT2D eigenvalue weighted by Gasteiger charge is 2.26. The number of hydrogen-bond donors (Lipinski definition) is 0. The van der Waals surface area contributed by atoms with E-state index in [0.29, 0.717) is 33.6 Å². The van der Waals surface area contributed by atoms with E-state index < -0.39 is 0 Å². The van der Waals surface area contributed by atoms with Crippen LogP contribution in [0, 0.1) is 0 Å². The summed E-state index contributed by atoms with van der Waals surface area (Å²) in [7, 11) is 0. The van der Waals surface area contributed by atoms with Crippen molar-refractivity contribution in [3.8, 4) is 22.8 Å². The highest BCUT2D eigenvalue weighted by atomic mass is 35.5. The number of nitrogens with zero attached hydrogens (tertiary/aromatic N) is 5. The number of halogens is 2. The van der Waals surface area contributed by atoms with Crippen molar-refractivity contribution in [3.05, 3.63) is 64.5 Å². The van der Waals surface area contributed by atoms with Crippen molar-refractivity contribution < 1.29 is 4.42 Å². The molecule has 1 fully saturated rings. The first-order valence-corrected chi connectivity index (χ1v) is 11.8. The minimum atomic E-state index is 0.366. The molecule has 0 saturated heterocycles. The third kappa shape index (κ3) is 4.22. The van der Waals surface area contributed by atoms with E-state index in [1.807, 2.05) is 42.5 Å². The molecular formula is C22H19Cl2N5OS. The molecule has 31 heavy (non-hydrogen) atoms. The fourth-order valence-electron chi connectivity index (χ4n) is 3.87. The maximum absolute atomic E-state index is 6.46. The Morgan fingerprint density at radius 3 is 2.26 bits per heavy atom. The van der Waals surface area contributed by atoms with Crippen LogP contribution in [0.25, 0.3) is 22.8 Å². The summed E-state index contributed by atoms with van der Waals surface area (Å²) in [5.41, 5.74) is 1.62. The molecule has 0 bridgehead atoms. The van der Waals surface area contributed by atoms with Crippen molar-refractivity contribution in [1.82, 2.24) is 25.0 Å². The Kier molecular flexibility index (Phi) is 5.98. The normalized spacial score (nSPS) is 14.4. The molecule has 0 amide bonds. The van der Waals surface area contributed by atoms with E-state index in [2.05, 4.69) is 25.0 Å². The van der Waals surface area contributed by atoms with Crippen molar-refractivity contribution >= 4 is 35.0 Å². The Labute approximate surface area is 194 Å². The zero-order chi connectivity index (χ0) is 21.2. The molecule has 1 saturated carbocycles. The lowest BCUT2D eigenvalue weighted by atomic mass is 10.2. The second kappa shape index (κ2) is 9.02. The number of aromatic nitrogens is 5. The molecule has 0 radical (unpaired) electrons. The van der Waals surface area contributed by atoms with Crippen LogP contribution < -0.4 is 0 Å². The van der Waals surface area contributed by atoms with Gasteiger partial charge in [0.25, 0.3) is 0 Å². The van der Waals surface area contributed by atoms with Crippen LogP contribution in [-0.2, 0) is 5.75 Å². The van der Waals surface area contributed by atoms with Gasteiger partial charge in [-0.15, -0.1) is 20.4 Å². The number of benzene rings is 2. The third-order valence-corrected chi connectivity index (χ3v) is 6.95. The molecule has 1 aliphatic carbocycles. The molecule has 158 valence electrons. The summed E-state index contributed by atoms with van der Waals surface area (Å²) in [5.74, 6) is 2.22. The van der Waals surface area contributed by atoms with Gasteiger partial charge in [-0.3, -0.25) is 4.57 Å². The highest BCUT2D eigenvalue weighted by molar-refractivity contribution is 7.98. The first-order chi connectivity index (χ1) is 15.2. The lowest BCUT2D eigenvalue weighted by Crippen LogP contribution is -2.08. The predicted molar refractivity (Wildman–Crippen MR) is 122 cm³/mol. The Morgan fingerprint density at radius 2 is 1.55 bits per heavy atom. The molecule has 1 aliphatic rings. The molecule has 9 heteroatoms. The number of rotatable bonds is 6. The molecule has 0 spiro atoms. The fraction of sp³-hybridized carbons (Fsp3) is 0.273. The standard InChI is InChI=1S/C22H19Cl2N5OS/c23-17-11-5-3-9-15(17)20-26-28-22(29(20)14-7-1-2-8-14)31-13-19-25-27-21(30-19)16-10-4-6-12-18(16)24/h3-6,9-12,14H,1-2,7-8,13H2. The van der Waals surface area contributed by atoms with Gasteiger partial charge in [0.1, 0.15) is 0 Å². The topological polar surface area (TPSA) is 69.6 Å². The summed E-state index contributed by atoms with van der Waals surface area (Å²) in [6.07, 6.45) is 4.64. The quantitative estimate of drug-likeness (QED) is 0.291. The monoisotopic (exact) mass is 471 g/mol. The Morgan fingerprint density at radius 1 is 0.871 bits per heavy atom. The van der Waals surface area contributed by atoms with Crippen LogP contribution in [0.4, 0.5) is 0 Å². The van der Waals surface area contributed by atoms with Gasteiger partial charge in [0.05, 0.1) is 21.4 Å². The van der Waals surface area contributed by atoms with Gasteiger partial charge in [-0.2, -0.15) is 0 Å². The molecule has 4 aromatic rings. The first kappa shape index (κ1) is 20.5. The maximum atomic E-state index is 6.46. The van der Waals surface area contributed by atoms with Gasteiger partial charge in [-0.05, 0) is 37.1 Å². The van der Waals surface area contributed by atoms with Crippen LogP contribution in [0.3, 0.4) is 0 Å². The molecule has 2 aromatic heterocycles. The molecular weight excluding hydrogens is 453 g/mol. The molecule has 2 aromatic carbocycles. The van der Waals surface area contributed by atoms with Crippen molar-refractivity contribution in [2.24, 2.45) is 0 Å². The summed E-state index contributed by atoms with van der Waals surface area (Å²) < 4.78 is 8.07. The zero-order valence-corrected chi connectivity index (χ0v) is 18.9. The van der Waals surface area contributed by atoms with Gasteiger partial charge < -0.3 is 4.42 Å². The molecule has 0 unspecified atom stereocenters. The molecule has 0 N–H and O–H groups in total. The minimum Gasteiger partial charge on any atom is -0.420 e. The fourth-order valence-corrected chi connectivity index (χ4v) is 5.15. The number of hydrogen-bond acceptors (Lipinski definition) is 6. The molecule has 0 atom stereocenters. The average Bonchev–Trinajstić information content (AvgIpc) is 3.53. The van der Waals surface area contributed by atoms with Crippen LogP contribution in [0.1, 0.15) is 37.6 Å².